The molecule has 43 heavy (non-hydrogen) atoms. The van der Waals surface area contributed by atoms with E-state index in [4.69, 9.17) is 13.8 Å². The van der Waals surface area contributed by atoms with Crippen molar-refractivity contribution in [3.05, 3.63) is 65.7 Å². The zero-order chi connectivity index (χ0) is 30.4. The van der Waals surface area contributed by atoms with Crippen molar-refractivity contribution in [2.24, 2.45) is 5.41 Å². The SMILES string of the molecule is CCOP(=O)(CC1(C(=O)N[C@H]2CCc3ccccc3N(CC(=O)OC(C)(C)C)C2=O)CCCC1)OCc1ccccc1.[Mg+2]. The third kappa shape index (κ3) is 9.38. The van der Waals surface area contributed by atoms with E-state index < -0.39 is 30.6 Å². The molecule has 2 aromatic carbocycles. The molecule has 228 valence electrons. The summed E-state index contributed by atoms with van der Waals surface area (Å²) in [4.78, 5) is 42.2. The van der Waals surface area contributed by atoms with Gasteiger partial charge in [-0.05, 0) is 70.6 Å². The third-order valence-corrected chi connectivity index (χ3v) is 9.86. The van der Waals surface area contributed by atoms with E-state index >= 15 is 0 Å². The van der Waals surface area contributed by atoms with E-state index in [1.165, 1.54) is 4.90 Å². The molecule has 2 amide bonds. The molecule has 9 nitrogen and oxygen atoms in total. The van der Waals surface area contributed by atoms with Gasteiger partial charge < -0.3 is 19.1 Å². The molecular formula is C32H43MgN2O7P+2. The van der Waals surface area contributed by atoms with Crippen molar-refractivity contribution in [3.8, 4) is 0 Å². The Morgan fingerprint density at radius 3 is 2.33 bits per heavy atom. The number of amides is 2. The van der Waals surface area contributed by atoms with Gasteiger partial charge in [0.15, 0.2) is 0 Å². The molecule has 0 radical (unpaired) electrons. The Bertz CT molecular complexity index is 1310. The van der Waals surface area contributed by atoms with Gasteiger partial charge in [0.05, 0.1) is 24.8 Å². The van der Waals surface area contributed by atoms with Gasteiger partial charge >= 0.3 is 36.6 Å². The first kappa shape index (κ1) is 35.2. The van der Waals surface area contributed by atoms with Crippen LogP contribution in [0.2, 0.25) is 0 Å². The Balaban J connectivity index is 0.00000506. The van der Waals surface area contributed by atoms with Crippen LogP contribution in [0.1, 0.15) is 70.9 Å². The molecule has 11 heteroatoms. The zero-order valence-corrected chi connectivity index (χ0v) is 28.1. The Kier molecular flexibility index (Phi) is 12.4. The number of rotatable bonds is 11. The molecule has 2 aromatic rings. The van der Waals surface area contributed by atoms with Gasteiger partial charge in [-0.2, -0.15) is 0 Å². The molecule has 2 aliphatic rings. The van der Waals surface area contributed by atoms with E-state index in [9.17, 15) is 18.9 Å². The summed E-state index contributed by atoms with van der Waals surface area (Å²) in [5.74, 6) is -1.23. The standard InChI is InChI=1S/C32H43N2O7P.Mg/c1-5-39-42(38,40-22-24-13-7-6-8-14-24)23-32(19-11-12-20-32)30(37)33-26-18-17-25-15-9-10-16-27(25)34(29(26)36)21-28(35)41-31(2,3)4;/h6-10,13-16,26H,5,11-12,17-23H2,1-4H3,(H,33,37);/q;+2/t26-,42?;/m0./s1. The number of nitrogens with zero attached hydrogens (tertiary/aromatic N) is 1. The molecule has 1 unspecified atom stereocenters. The van der Waals surface area contributed by atoms with E-state index in [1.807, 2.05) is 54.6 Å². The van der Waals surface area contributed by atoms with Crippen LogP contribution in [0.4, 0.5) is 5.69 Å². The fraction of sp³-hybridized carbons (Fsp3) is 0.531. The minimum Gasteiger partial charge on any atom is -0.459 e. The molecule has 1 fully saturated rings. The molecule has 1 aliphatic carbocycles. The number of aryl methyl sites for hydroxylation is 1. The van der Waals surface area contributed by atoms with Gasteiger partial charge in [-0.3, -0.25) is 23.8 Å². The molecule has 0 bridgehead atoms. The van der Waals surface area contributed by atoms with Crippen LogP contribution in [-0.2, 0) is 45.8 Å². The van der Waals surface area contributed by atoms with E-state index in [0.29, 0.717) is 31.4 Å². The number of esters is 1. The Hall–Kier alpha value is -2.23. The molecule has 1 saturated carbocycles. The summed E-state index contributed by atoms with van der Waals surface area (Å²) in [7, 11) is -3.65. The van der Waals surface area contributed by atoms with Crippen molar-refractivity contribution >= 4 is 54.1 Å². The fourth-order valence-electron chi connectivity index (χ4n) is 5.78. The average molecular weight is 623 g/mol. The Labute approximate surface area is 271 Å². The minimum atomic E-state index is -3.65. The molecule has 1 aliphatic heterocycles. The number of para-hydroxylation sites is 1. The van der Waals surface area contributed by atoms with Gasteiger partial charge in [-0.25, -0.2) is 0 Å². The second-order valence-electron chi connectivity index (χ2n) is 12.1. The first-order valence-electron chi connectivity index (χ1n) is 14.8. The quantitative estimate of drug-likeness (QED) is 0.202. The Morgan fingerprint density at radius 1 is 1.02 bits per heavy atom. The predicted molar refractivity (Wildman–Crippen MR) is 167 cm³/mol. The summed E-state index contributed by atoms with van der Waals surface area (Å²) >= 11 is 0. The van der Waals surface area contributed by atoms with Gasteiger partial charge in [-0.1, -0.05) is 61.4 Å². The second-order valence-corrected chi connectivity index (χ2v) is 14.2. The van der Waals surface area contributed by atoms with Crippen LogP contribution in [-0.4, -0.2) is 71.8 Å². The van der Waals surface area contributed by atoms with Crippen LogP contribution >= 0.6 is 7.60 Å². The number of anilines is 1. The summed E-state index contributed by atoms with van der Waals surface area (Å²) in [6, 6.07) is 16.0. The maximum absolute atomic E-state index is 14.0. The number of hydrogen-bond donors (Lipinski definition) is 1. The first-order chi connectivity index (χ1) is 19.9. The van der Waals surface area contributed by atoms with E-state index in [1.54, 1.807) is 27.7 Å². The predicted octanol–water partition coefficient (Wildman–Crippen LogP) is 5.42. The van der Waals surface area contributed by atoms with Crippen LogP contribution < -0.4 is 10.2 Å². The van der Waals surface area contributed by atoms with Gasteiger partial charge in [0, 0.05) is 5.69 Å². The number of carbonyl (C=O) groups excluding carboxylic acids is 3. The molecule has 0 saturated heterocycles. The van der Waals surface area contributed by atoms with Gasteiger partial charge in [0.2, 0.25) is 11.8 Å². The average Bonchev–Trinajstić information content (AvgIpc) is 3.37. The smallest absolute Gasteiger partial charge is 0.459 e. The topological polar surface area (TPSA) is 111 Å². The number of carbonyl (C=O) groups is 3. The second kappa shape index (κ2) is 15.2. The van der Waals surface area contributed by atoms with Crippen LogP contribution in [0.5, 0.6) is 0 Å². The molecule has 1 N–H and O–H groups in total. The largest absolute Gasteiger partial charge is 2.00 e. The van der Waals surface area contributed by atoms with Crippen molar-refractivity contribution in [3.63, 3.8) is 0 Å². The number of hydrogen-bond acceptors (Lipinski definition) is 7. The monoisotopic (exact) mass is 622 g/mol. The van der Waals surface area contributed by atoms with Crippen molar-refractivity contribution in [2.45, 2.75) is 84.5 Å². The van der Waals surface area contributed by atoms with E-state index in [0.717, 1.165) is 24.0 Å². The van der Waals surface area contributed by atoms with Crippen molar-refractivity contribution < 1.29 is 32.7 Å². The summed E-state index contributed by atoms with van der Waals surface area (Å²) in [6.45, 7) is 7.10. The van der Waals surface area contributed by atoms with Gasteiger partial charge in [0.25, 0.3) is 0 Å². The molecular weight excluding hydrogens is 580 g/mol. The first-order valence-corrected chi connectivity index (χ1v) is 16.5. The number of ether oxygens (including phenoxy) is 1. The number of benzene rings is 2. The number of nitrogens with one attached hydrogen (secondary N) is 1. The fourth-order valence-corrected chi connectivity index (χ4v) is 7.98. The van der Waals surface area contributed by atoms with Crippen molar-refractivity contribution in [2.75, 3.05) is 24.2 Å². The van der Waals surface area contributed by atoms with Crippen LogP contribution in [0.25, 0.3) is 0 Å². The van der Waals surface area contributed by atoms with E-state index in [2.05, 4.69) is 5.32 Å². The third-order valence-electron chi connectivity index (χ3n) is 7.70. The normalized spacial score (nSPS) is 19.4. The molecule has 4 rings (SSSR count). The van der Waals surface area contributed by atoms with Crippen LogP contribution in [0.3, 0.4) is 0 Å². The summed E-state index contributed by atoms with van der Waals surface area (Å²) in [5.41, 5.74) is 0.714. The maximum Gasteiger partial charge on any atom is 2.00 e. The number of fused-ring (bicyclic) bond motifs is 1. The van der Waals surface area contributed by atoms with Crippen LogP contribution in [0, 0.1) is 5.41 Å². The summed E-state index contributed by atoms with van der Waals surface area (Å²) in [5, 5.41) is 3.00. The van der Waals surface area contributed by atoms with Gasteiger partial charge in [0.1, 0.15) is 18.2 Å². The van der Waals surface area contributed by atoms with Gasteiger partial charge in [-0.15, -0.1) is 0 Å². The van der Waals surface area contributed by atoms with E-state index in [-0.39, 0.29) is 60.8 Å². The van der Waals surface area contributed by atoms with Crippen molar-refractivity contribution in [1.29, 1.82) is 0 Å². The summed E-state index contributed by atoms with van der Waals surface area (Å²) < 4.78 is 31.0. The molecule has 0 spiro atoms. The molecule has 1 heterocycles. The summed E-state index contributed by atoms with van der Waals surface area (Å²) in [6.07, 6.45) is 3.49. The minimum absolute atomic E-state index is 0. The molecule has 2 atom stereocenters. The molecule has 0 aromatic heterocycles. The Morgan fingerprint density at radius 2 is 1.67 bits per heavy atom. The maximum atomic E-state index is 14.0. The van der Waals surface area contributed by atoms with Crippen LogP contribution in [0.15, 0.2) is 54.6 Å². The van der Waals surface area contributed by atoms with Crippen molar-refractivity contribution in [1.82, 2.24) is 5.32 Å². The zero-order valence-electron chi connectivity index (χ0n) is 25.8.